The summed E-state index contributed by atoms with van der Waals surface area (Å²) in [6.07, 6.45) is 0.144. The van der Waals surface area contributed by atoms with Crippen LogP contribution < -0.4 is 21.3 Å². The van der Waals surface area contributed by atoms with Crippen LogP contribution in [0.3, 0.4) is 0 Å². The smallest absolute Gasteiger partial charge is 0.266 e. The number of nitrogens with one attached hydrogen (secondary N) is 2. The van der Waals surface area contributed by atoms with E-state index in [1.54, 1.807) is 38.4 Å². The van der Waals surface area contributed by atoms with Crippen molar-refractivity contribution in [2.45, 2.75) is 6.42 Å². The first-order valence-electron chi connectivity index (χ1n) is 7.67. The number of phenols is 2. The monoisotopic (exact) mass is 377 g/mol. The molecule has 0 aromatic heterocycles. The van der Waals surface area contributed by atoms with Crippen LogP contribution in [-0.4, -0.2) is 30.3 Å². The lowest BCUT2D eigenvalue weighted by Crippen LogP contribution is -2.35. The summed E-state index contributed by atoms with van der Waals surface area (Å²) >= 11 is 5.94. The number of ether oxygens (including phenoxy) is 1. The van der Waals surface area contributed by atoms with Gasteiger partial charge in [-0.05, 0) is 29.3 Å². The largest absolute Gasteiger partial charge is 0.508 e. The second-order valence-corrected chi connectivity index (χ2v) is 5.84. The zero-order chi connectivity index (χ0) is 19.3. The van der Waals surface area contributed by atoms with E-state index in [1.807, 2.05) is 0 Å². The highest BCUT2D eigenvalue weighted by molar-refractivity contribution is 6.32. The molecule has 138 valence electrons. The van der Waals surface area contributed by atoms with Gasteiger partial charge in [0.05, 0.1) is 12.1 Å². The summed E-state index contributed by atoms with van der Waals surface area (Å²) in [5, 5.41) is 19.8. The fourth-order valence-electron chi connectivity index (χ4n) is 2.46. The first-order chi connectivity index (χ1) is 12.4. The number of amides is 1. The number of carbonyl (C=O) groups excluding carboxylic acids is 1. The third-order valence-corrected chi connectivity index (χ3v) is 4.05. The molecule has 0 fully saturated rings. The fourth-order valence-corrected chi connectivity index (χ4v) is 2.65. The minimum atomic E-state index is -0.672. The standard InChI is InChI=1S/C18H20ClN3O4/c1-21-22-17(18(20)25)13(10-3-5-12(26-2)6-4-10)7-11-8-14(19)16(24)9-15(11)23/h3-6,8-9,21-24H,7H2,1-2H3,(H2,20,25)/b17-13+. The molecule has 0 saturated heterocycles. The van der Waals surface area contributed by atoms with Crippen LogP contribution in [-0.2, 0) is 11.2 Å². The average Bonchev–Trinajstić information content (AvgIpc) is 2.62. The first-order valence-corrected chi connectivity index (χ1v) is 8.05. The number of hydrogen-bond donors (Lipinski definition) is 5. The predicted molar refractivity (Wildman–Crippen MR) is 99.8 cm³/mol. The number of hydrogen-bond acceptors (Lipinski definition) is 6. The molecule has 6 N–H and O–H groups in total. The van der Waals surface area contributed by atoms with E-state index in [4.69, 9.17) is 22.1 Å². The molecule has 0 aliphatic rings. The SMILES string of the molecule is CNN/C(C(N)=O)=C(\Cc1cc(Cl)c(O)cc1O)c1ccc(OC)cc1. The summed E-state index contributed by atoms with van der Waals surface area (Å²) < 4.78 is 5.15. The predicted octanol–water partition coefficient (Wildman–Crippen LogP) is 1.92. The van der Waals surface area contributed by atoms with Crippen molar-refractivity contribution in [2.75, 3.05) is 14.2 Å². The topological polar surface area (TPSA) is 117 Å². The number of phenolic OH excluding ortho intramolecular Hbond substituents is 2. The van der Waals surface area contributed by atoms with Crippen LogP contribution in [0.25, 0.3) is 5.57 Å². The van der Waals surface area contributed by atoms with Crippen molar-refractivity contribution in [3.05, 3.63) is 58.2 Å². The van der Waals surface area contributed by atoms with Gasteiger partial charge in [0, 0.05) is 25.1 Å². The second-order valence-electron chi connectivity index (χ2n) is 5.43. The summed E-state index contributed by atoms with van der Waals surface area (Å²) in [7, 11) is 3.16. The van der Waals surface area contributed by atoms with E-state index < -0.39 is 5.91 Å². The lowest BCUT2D eigenvalue weighted by molar-refractivity contribution is -0.114. The average molecular weight is 378 g/mol. The van der Waals surface area contributed by atoms with Gasteiger partial charge in [-0.3, -0.25) is 4.79 Å². The Balaban J connectivity index is 2.58. The molecule has 0 aliphatic heterocycles. The molecule has 1 amide bonds. The highest BCUT2D eigenvalue weighted by Gasteiger charge is 2.18. The van der Waals surface area contributed by atoms with Crippen LogP contribution in [0.2, 0.25) is 5.02 Å². The molecule has 2 aromatic rings. The number of hydrazine groups is 1. The molecule has 2 aromatic carbocycles. The number of allylic oxidation sites excluding steroid dienone is 1. The summed E-state index contributed by atoms with van der Waals surface area (Å²) in [5.41, 5.74) is 12.7. The Bertz CT molecular complexity index is 835. The Hall–Kier alpha value is -2.90. The molecule has 0 radical (unpaired) electrons. The minimum Gasteiger partial charge on any atom is -0.508 e. The van der Waals surface area contributed by atoms with Crippen LogP contribution in [0, 0.1) is 0 Å². The lowest BCUT2D eigenvalue weighted by atomic mass is 9.95. The van der Waals surface area contributed by atoms with Gasteiger partial charge in [0.25, 0.3) is 5.91 Å². The molecule has 0 atom stereocenters. The van der Waals surface area contributed by atoms with Crippen molar-refractivity contribution in [2.24, 2.45) is 5.73 Å². The normalized spacial score (nSPS) is 11.7. The highest BCUT2D eigenvalue weighted by atomic mass is 35.5. The van der Waals surface area contributed by atoms with Crippen molar-refractivity contribution < 1.29 is 19.7 Å². The van der Waals surface area contributed by atoms with Crippen LogP contribution in [0.4, 0.5) is 0 Å². The Morgan fingerprint density at radius 2 is 1.85 bits per heavy atom. The van der Waals surface area contributed by atoms with Crippen molar-refractivity contribution >= 4 is 23.1 Å². The number of halogens is 1. The number of rotatable bonds is 7. The van der Waals surface area contributed by atoms with E-state index in [0.717, 1.165) is 6.07 Å². The maximum Gasteiger partial charge on any atom is 0.266 e. The van der Waals surface area contributed by atoms with Crippen LogP contribution in [0.5, 0.6) is 17.2 Å². The molecule has 8 heteroatoms. The molecule has 0 heterocycles. The van der Waals surface area contributed by atoms with Crippen molar-refractivity contribution in [1.29, 1.82) is 0 Å². The third-order valence-electron chi connectivity index (χ3n) is 3.75. The number of methoxy groups -OCH3 is 1. The maximum absolute atomic E-state index is 11.9. The number of nitrogens with two attached hydrogens (primary N) is 1. The minimum absolute atomic E-state index is 0.0917. The van der Waals surface area contributed by atoms with Gasteiger partial charge in [-0.2, -0.15) is 0 Å². The van der Waals surface area contributed by atoms with Gasteiger partial charge in [-0.1, -0.05) is 23.7 Å². The summed E-state index contributed by atoms with van der Waals surface area (Å²) in [6, 6.07) is 9.63. The third kappa shape index (κ3) is 4.38. The fraction of sp³-hybridized carbons (Fsp3) is 0.167. The Morgan fingerprint density at radius 1 is 1.19 bits per heavy atom. The van der Waals surface area contributed by atoms with E-state index in [1.165, 1.54) is 6.07 Å². The van der Waals surface area contributed by atoms with Crippen molar-refractivity contribution in [3.8, 4) is 17.2 Å². The van der Waals surface area contributed by atoms with Gasteiger partial charge in [-0.15, -0.1) is 0 Å². The highest BCUT2D eigenvalue weighted by Crippen LogP contribution is 2.34. The number of primary amides is 1. The van der Waals surface area contributed by atoms with Gasteiger partial charge in [0.15, 0.2) is 0 Å². The Kier molecular flexibility index (Phi) is 6.32. The Morgan fingerprint density at radius 3 is 2.38 bits per heavy atom. The molecule has 7 nitrogen and oxygen atoms in total. The molecule has 0 aliphatic carbocycles. The van der Waals surface area contributed by atoms with Crippen LogP contribution in [0.1, 0.15) is 11.1 Å². The van der Waals surface area contributed by atoms with E-state index in [-0.39, 0.29) is 28.6 Å². The molecule has 0 spiro atoms. The zero-order valence-electron chi connectivity index (χ0n) is 14.3. The molecule has 0 bridgehead atoms. The second kappa shape index (κ2) is 8.46. The zero-order valence-corrected chi connectivity index (χ0v) is 15.1. The first kappa shape index (κ1) is 19.4. The van der Waals surface area contributed by atoms with E-state index in [2.05, 4.69) is 10.9 Å². The van der Waals surface area contributed by atoms with Crippen molar-refractivity contribution in [1.82, 2.24) is 10.9 Å². The number of carbonyl (C=O) groups is 1. The van der Waals surface area contributed by atoms with E-state index in [9.17, 15) is 15.0 Å². The quantitative estimate of drug-likeness (QED) is 0.372. The van der Waals surface area contributed by atoms with Crippen LogP contribution in [0.15, 0.2) is 42.1 Å². The Labute approximate surface area is 156 Å². The maximum atomic E-state index is 11.9. The molecule has 2 rings (SSSR count). The van der Waals surface area contributed by atoms with Gasteiger partial charge in [0.2, 0.25) is 0 Å². The van der Waals surface area contributed by atoms with Gasteiger partial charge >= 0.3 is 0 Å². The van der Waals surface area contributed by atoms with Gasteiger partial charge in [-0.25, -0.2) is 5.43 Å². The van der Waals surface area contributed by atoms with E-state index in [0.29, 0.717) is 22.4 Å². The molecule has 0 saturated carbocycles. The summed E-state index contributed by atoms with van der Waals surface area (Å²) in [5.74, 6) is -0.391. The molecular weight excluding hydrogens is 358 g/mol. The lowest BCUT2D eigenvalue weighted by Gasteiger charge is -2.16. The van der Waals surface area contributed by atoms with Crippen molar-refractivity contribution in [3.63, 3.8) is 0 Å². The van der Waals surface area contributed by atoms with Crippen LogP contribution >= 0.6 is 11.6 Å². The van der Waals surface area contributed by atoms with Gasteiger partial charge < -0.3 is 26.1 Å². The molecule has 0 unspecified atom stereocenters. The number of benzene rings is 2. The van der Waals surface area contributed by atoms with Gasteiger partial charge in [0.1, 0.15) is 22.9 Å². The van der Waals surface area contributed by atoms with E-state index >= 15 is 0 Å². The molecular formula is C18H20ClN3O4. The summed E-state index contributed by atoms with van der Waals surface area (Å²) in [4.78, 5) is 11.9. The molecule has 26 heavy (non-hydrogen) atoms. The summed E-state index contributed by atoms with van der Waals surface area (Å²) in [6.45, 7) is 0. The number of aromatic hydroxyl groups is 2.